The molecule has 1 heterocycles. The van der Waals surface area contributed by atoms with Crippen LogP contribution in [0.2, 0.25) is 0 Å². The summed E-state index contributed by atoms with van der Waals surface area (Å²) in [5.74, 6) is 0.748. The van der Waals surface area contributed by atoms with Crippen LogP contribution in [0.5, 0.6) is 0 Å². The first kappa shape index (κ1) is 15.5. The van der Waals surface area contributed by atoms with Gasteiger partial charge >= 0.3 is 0 Å². The Morgan fingerprint density at radius 2 is 1.85 bits per heavy atom. The van der Waals surface area contributed by atoms with E-state index in [2.05, 4.69) is 68.2 Å². The maximum Gasteiger partial charge on any atom is 0.0476 e. The largest absolute Gasteiger partial charge is 0.311 e. The summed E-state index contributed by atoms with van der Waals surface area (Å²) in [7, 11) is 0. The zero-order valence-corrected chi connectivity index (χ0v) is 13.5. The number of hydrogen-bond donors (Lipinski definition) is 1. The molecule has 0 aromatic heterocycles. The van der Waals surface area contributed by atoms with Gasteiger partial charge in [-0.2, -0.15) is 0 Å². The second kappa shape index (κ2) is 7.24. The average molecular weight is 274 g/mol. The molecule has 2 nitrogen and oxygen atoms in total. The predicted octanol–water partition coefficient (Wildman–Crippen LogP) is 3.85. The monoisotopic (exact) mass is 274 g/mol. The van der Waals surface area contributed by atoms with Crippen LogP contribution in [-0.2, 0) is 0 Å². The highest BCUT2D eigenvalue weighted by atomic mass is 15.3. The fourth-order valence-corrected chi connectivity index (χ4v) is 3.17. The summed E-state index contributed by atoms with van der Waals surface area (Å²) in [5.41, 5.74) is 1.45. The highest BCUT2D eigenvalue weighted by molar-refractivity contribution is 5.20. The molecule has 0 bridgehead atoms. The van der Waals surface area contributed by atoms with Gasteiger partial charge in [-0.05, 0) is 24.8 Å². The van der Waals surface area contributed by atoms with Gasteiger partial charge in [0.15, 0.2) is 0 Å². The lowest BCUT2D eigenvalue weighted by Crippen LogP contribution is -2.56. The molecule has 1 aromatic rings. The molecule has 1 saturated heterocycles. The summed E-state index contributed by atoms with van der Waals surface area (Å²) in [6.45, 7) is 11.6. The van der Waals surface area contributed by atoms with Crippen molar-refractivity contribution in [1.29, 1.82) is 0 Å². The molecule has 4 atom stereocenters. The summed E-state index contributed by atoms with van der Waals surface area (Å²) in [6.07, 6.45) is 2.47. The van der Waals surface area contributed by atoms with E-state index in [1.165, 1.54) is 24.9 Å². The molecular formula is C18H30N2. The summed E-state index contributed by atoms with van der Waals surface area (Å²) in [4.78, 5) is 2.71. The summed E-state index contributed by atoms with van der Waals surface area (Å²) >= 11 is 0. The van der Waals surface area contributed by atoms with Gasteiger partial charge in [0.1, 0.15) is 0 Å². The lowest BCUT2D eigenvalue weighted by molar-refractivity contribution is 0.0710. The van der Waals surface area contributed by atoms with E-state index in [1.807, 2.05) is 0 Å². The molecule has 1 aliphatic heterocycles. The molecule has 2 heteroatoms. The molecule has 4 unspecified atom stereocenters. The van der Waals surface area contributed by atoms with Crippen LogP contribution >= 0.6 is 0 Å². The van der Waals surface area contributed by atoms with E-state index < -0.39 is 0 Å². The zero-order chi connectivity index (χ0) is 14.5. The minimum absolute atomic E-state index is 0.520. The van der Waals surface area contributed by atoms with Gasteiger partial charge in [0, 0.05) is 31.2 Å². The topological polar surface area (TPSA) is 15.3 Å². The standard InChI is InChI=1S/C18H30N2/c1-5-14(3)17-13-20(15(4)6-2)18(12-19-17)16-10-8-7-9-11-16/h7-11,14-15,17-19H,5-6,12-13H2,1-4H3. The number of benzene rings is 1. The van der Waals surface area contributed by atoms with E-state index in [-0.39, 0.29) is 0 Å². The molecule has 0 spiro atoms. The average Bonchev–Trinajstić information content (AvgIpc) is 2.53. The van der Waals surface area contributed by atoms with Crippen LogP contribution in [0.15, 0.2) is 30.3 Å². The number of piperazine rings is 1. The van der Waals surface area contributed by atoms with Crippen molar-refractivity contribution < 1.29 is 0 Å². The van der Waals surface area contributed by atoms with Crippen LogP contribution in [0.25, 0.3) is 0 Å². The quantitative estimate of drug-likeness (QED) is 0.877. The lowest BCUT2D eigenvalue weighted by Gasteiger charge is -2.45. The fourth-order valence-electron chi connectivity index (χ4n) is 3.17. The molecule has 0 amide bonds. The molecule has 20 heavy (non-hydrogen) atoms. The van der Waals surface area contributed by atoms with E-state index in [1.54, 1.807) is 0 Å². The van der Waals surface area contributed by atoms with E-state index >= 15 is 0 Å². The van der Waals surface area contributed by atoms with Crippen molar-refractivity contribution in [3.05, 3.63) is 35.9 Å². The van der Waals surface area contributed by atoms with Gasteiger partial charge in [-0.25, -0.2) is 0 Å². The van der Waals surface area contributed by atoms with Gasteiger partial charge in [-0.1, -0.05) is 57.5 Å². The molecule has 1 N–H and O–H groups in total. The Hall–Kier alpha value is -0.860. The van der Waals surface area contributed by atoms with Crippen molar-refractivity contribution in [2.24, 2.45) is 5.92 Å². The third-order valence-electron chi connectivity index (χ3n) is 5.05. The molecular weight excluding hydrogens is 244 g/mol. The van der Waals surface area contributed by atoms with Crippen LogP contribution in [0.3, 0.4) is 0 Å². The second-order valence-corrected chi connectivity index (χ2v) is 6.28. The van der Waals surface area contributed by atoms with Crippen molar-refractivity contribution in [3.8, 4) is 0 Å². The third-order valence-corrected chi connectivity index (χ3v) is 5.05. The highest BCUT2D eigenvalue weighted by Crippen LogP contribution is 2.28. The maximum absolute atomic E-state index is 3.79. The van der Waals surface area contributed by atoms with E-state index in [4.69, 9.17) is 0 Å². The molecule has 0 radical (unpaired) electrons. The van der Waals surface area contributed by atoms with Gasteiger partial charge in [-0.15, -0.1) is 0 Å². The molecule has 112 valence electrons. The highest BCUT2D eigenvalue weighted by Gasteiger charge is 2.32. The predicted molar refractivity (Wildman–Crippen MR) is 86.9 cm³/mol. The Bertz CT molecular complexity index is 390. The van der Waals surface area contributed by atoms with Crippen LogP contribution in [0, 0.1) is 5.92 Å². The Morgan fingerprint density at radius 3 is 2.45 bits per heavy atom. The Labute approximate surface area is 124 Å². The van der Waals surface area contributed by atoms with Crippen molar-refractivity contribution in [1.82, 2.24) is 10.2 Å². The Balaban J connectivity index is 2.16. The van der Waals surface area contributed by atoms with Gasteiger partial charge < -0.3 is 5.32 Å². The molecule has 2 rings (SSSR count). The Kier molecular flexibility index (Phi) is 5.62. The molecule has 0 saturated carbocycles. The van der Waals surface area contributed by atoms with Crippen molar-refractivity contribution >= 4 is 0 Å². The smallest absolute Gasteiger partial charge is 0.0476 e. The minimum atomic E-state index is 0.520. The first-order valence-corrected chi connectivity index (χ1v) is 8.21. The van der Waals surface area contributed by atoms with Gasteiger partial charge in [-0.3, -0.25) is 4.90 Å². The van der Waals surface area contributed by atoms with Crippen LogP contribution in [0.4, 0.5) is 0 Å². The first-order chi connectivity index (χ1) is 9.67. The van der Waals surface area contributed by atoms with E-state index in [9.17, 15) is 0 Å². The van der Waals surface area contributed by atoms with Gasteiger partial charge in [0.05, 0.1) is 0 Å². The van der Waals surface area contributed by atoms with Crippen molar-refractivity contribution in [2.75, 3.05) is 13.1 Å². The van der Waals surface area contributed by atoms with Gasteiger partial charge in [0.25, 0.3) is 0 Å². The molecule has 1 aliphatic rings. The first-order valence-electron chi connectivity index (χ1n) is 8.21. The molecule has 1 aromatic carbocycles. The molecule has 1 fully saturated rings. The van der Waals surface area contributed by atoms with Crippen molar-refractivity contribution in [2.45, 2.75) is 58.7 Å². The number of rotatable bonds is 5. The van der Waals surface area contributed by atoms with E-state index in [0.717, 1.165) is 12.5 Å². The molecule has 0 aliphatic carbocycles. The number of hydrogen-bond acceptors (Lipinski definition) is 2. The van der Waals surface area contributed by atoms with E-state index in [0.29, 0.717) is 18.1 Å². The van der Waals surface area contributed by atoms with Crippen LogP contribution in [-0.4, -0.2) is 30.1 Å². The zero-order valence-electron chi connectivity index (χ0n) is 13.5. The number of nitrogens with zero attached hydrogens (tertiary/aromatic N) is 1. The SMILES string of the molecule is CCC(C)C1CN(C(C)CC)C(c2ccccc2)CN1. The number of nitrogens with one attached hydrogen (secondary N) is 1. The lowest BCUT2D eigenvalue weighted by atomic mass is 9.92. The Morgan fingerprint density at radius 1 is 1.15 bits per heavy atom. The second-order valence-electron chi connectivity index (χ2n) is 6.28. The fraction of sp³-hybridized carbons (Fsp3) is 0.667. The van der Waals surface area contributed by atoms with Crippen LogP contribution in [0.1, 0.15) is 52.1 Å². The minimum Gasteiger partial charge on any atom is -0.311 e. The van der Waals surface area contributed by atoms with Crippen molar-refractivity contribution in [3.63, 3.8) is 0 Å². The third kappa shape index (κ3) is 3.42. The summed E-state index contributed by atoms with van der Waals surface area (Å²) in [6, 6.07) is 12.8. The normalized spacial score (nSPS) is 27.2. The summed E-state index contributed by atoms with van der Waals surface area (Å²) < 4.78 is 0. The van der Waals surface area contributed by atoms with Gasteiger partial charge in [0.2, 0.25) is 0 Å². The summed E-state index contributed by atoms with van der Waals surface area (Å²) in [5, 5.41) is 3.79. The maximum atomic E-state index is 3.79. The van der Waals surface area contributed by atoms with Crippen LogP contribution < -0.4 is 5.32 Å².